The number of aromatic nitrogens is 1. The molecule has 0 spiro atoms. The molecule has 0 aliphatic carbocycles. The molecule has 0 amide bonds. The van der Waals surface area contributed by atoms with Crippen molar-refractivity contribution in [1.82, 2.24) is 9.88 Å². The van der Waals surface area contributed by atoms with Crippen LogP contribution in [0.4, 0.5) is 0 Å². The summed E-state index contributed by atoms with van der Waals surface area (Å²) in [6, 6.07) is 12.9. The van der Waals surface area contributed by atoms with Crippen molar-refractivity contribution in [2.75, 3.05) is 13.1 Å². The van der Waals surface area contributed by atoms with Crippen LogP contribution in [0.25, 0.3) is 0 Å². The van der Waals surface area contributed by atoms with Crippen molar-refractivity contribution in [3.63, 3.8) is 0 Å². The fraction of sp³-hybridized carbons (Fsp3) is 0.389. The van der Waals surface area contributed by atoms with E-state index in [0.29, 0.717) is 6.54 Å². The summed E-state index contributed by atoms with van der Waals surface area (Å²) in [5.74, 6) is 0. The molecule has 0 aliphatic heterocycles. The van der Waals surface area contributed by atoms with Gasteiger partial charge in [-0.3, -0.25) is 9.88 Å². The summed E-state index contributed by atoms with van der Waals surface area (Å²) >= 11 is 0. The molecule has 112 valence electrons. The van der Waals surface area contributed by atoms with Gasteiger partial charge in [-0.15, -0.1) is 0 Å². The molecule has 2 aromatic rings. The number of rotatable bonds is 6. The predicted octanol–water partition coefficient (Wildman–Crippen LogP) is 3.22. The van der Waals surface area contributed by atoms with Gasteiger partial charge in [0.2, 0.25) is 0 Å². The highest BCUT2D eigenvalue weighted by Gasteiger charge is 2.18. The third-order valence-corrected chi connectivity index (χ3v) is 4.08. The van der Waals surface area contributed by atoms with E-state index in [-0.39, 0.29) is 6.04 Å². The second kappa shape index (κ2) is 7.34. The van der Waals surface area contributed by atoms with Gasteiger partial charge in [0, 0.05) is 25.3 Å². The van der Waals surface area contributed by atoms with Gasteiger partial charge in [0.05, 0.1) is 5.69 Å². The molecule has 3 heteroatoms. The van der Waals surface area contributed by atoms with E-state index in [1.54, 1.807) is 0 Å². The largest absolute Gasteiger partial charge is 0.329 e. The molecule has 0 radical (unpaired) electrons. The van der Waals surface area contributed by atoms with Crippen molar-refractivity contribution in [2.24, 2.45) is 5.73 Å². The van der Waals surface area contributed by atoms with Crippen LogP contribution in [0.15, 0.2) is 42.6 Å². The summed E-state index contributed by atoms with van der Waals surface area (Å²) in [7, 11) is 0. The monoisotopic (exact) mass is 283 g/mol. The molecule has 0 fully saturated rings. The van der Waals surface area contributed by atoms with Gasteiger partial charge < -0.3 is 5.73 Å². The lowest BCUT2D eigenvalue weighted by Gasteiger charge is -2.30. The van der Waals surface area contributed by atoms with Crippen LogP contribution in [0.1, 0.15) is 35.3 Å². The van der Waals surface area contributed by atoms with E-state index in [1.807, 2.05) is 18.3 Å². The van der Waals surface area contributed by atoms with Gasteiger partial charge in [0.25, 0.3) is 0 Å². The van der Waals surface area contributed by atoms with E-state index in [9.17, 15) is 0 Å². The molecule has 0 aliphatic rings. The summed E-state index contributed by atoms with van der Waals surface area (Å²) in [4.78, 5) is 6.81. The van der Waals surface area contributed by atoms with Crippen molar-refractivity contribution in [1.29, 1.82) is 0 Å². The Kier molecular flexibility index (Phi) is 5.48. The average molecular weight is 283 g/mol. The zero-order chi connectivity index (χ0) is 15.2. The average Bonchev–Trinajstić information content (AvgIpc) is 2.51. The first-order valence-corrected chi connectivity index (χ1v) is 7.57. The van der Waals surface area contributed by atoms with E-state index in [1.165, 1.54) is 16.7 Å². The number of aryl methyl sites for hydroxylation is 2. The first-order chi connectivity index (χ1) is 10.2. The van der Waals surface area contributed by atoms with Crippen LogP contribution in [0, 0.1) is 13.8 Å². The number of likely N-dealkylation sites (N-methyl/N-ethyl adjacent to an activating group) is 1. The Bertz CT molecular complexity index is 566. The van der Waals surface area contributed by atoms with E-state index in [4.69, 9.17) is 5.73 Å². The second-order valence-corrected chi connectivity index (χ2v) is 5.48. The number of hydrogen-bond donors (Lipinski definition) is 1. The van der Waals surface area contributed by atoms with Gasteiger partial charge in [-0.2, -0.15) is 0 Å². The third-order valence-electron chi connectivity index (χ3n) is 4.08. The molecule has 0 saturated heterocycles. The van der Waals surface area contributed by atoms with Crippen molar-refractivity contribution < 1.29 is 0 Å². The summed E-state index contributed by atoms with van der Waals surface area (Å²) in [6.45, 7) is 8.86. The Balaban J connectivity index is 2.22. The quantitative estimate of drug-likeness (QED) is 0.885. The van der Waals surface area contributed by atoms with Crippen molar-refractivity contribution >= 4 is 0 Å². The molecule has 2 rings (SSSR count). The molecule has 3 nitrogen and oxygen atoms in total. The van der Waals surface area contributed by atoms with Crippen LogP contribution in [0.2, 0.25) is 0 Å². The van der Waals surface area contributed by atoms with Crippen molar-refractivity contribution in [3.05, 3.63) is 65.0 Å². The van der Waals surface area contributed by atoms with Crippen LogP contribution in [-0.4, -0.2) is 23.0 Å². The second-order valence-electron chi connectivity index (χ2n) is 5.48. The highest BCUT2D eigenvalue weighted by molar-refractivity contribution is 5.32. The highest BCUT2D eigenvalue weighted by atomic mass is 15.2. The van der Waals surface area contributed by atoms with Gasteiger partial charge in [-0.25, -0.2) is 0 Å². The van der Waals surface area contributed by atoms with Crippen LogP contribution >= 0.6 is 0 Å². The van der Waals surface area contributed by atoms with Gasteiger partial charge in [-0.05, 0) is 49.2 Å². The molecule has 2 N–H and O–H groups in total. The Hall–Kier alpha value is -1.71. The van der Waals surface area contributed by atoms with Crippen molar-refractivity contribution in [2.45, 2.75) is 33.4 Å². The van der Waals surface area contributed by atoms with E-state index >= 15 is 0 Å². The Labute approximate surface area is 127 Å². The minimum atomic E-state index is 0.233. The number of nitrogens with zero attached hydrogens (tertiary/aromatic N) is 2. The minimum Gasteiger partial charge on any atom is -0.329 e. The van der Waals surface area contributed by atoms with Gasteiger partial charge in [-0.1, -0.05) is 31.2 Å². The van der Waals surface area contributed by atoms with Crippen LogP contribution in [-0.2, 0) is 6.54 Å². The van der Waals surface area contributed by atoms with Gasteiger partial charge in [0.15, 0.2) is 0 Å². The first-order valence-electron chi connectivity index (χ1n) is 7.57. The zero-order valence-corrected chi connectivity index (χ0v) is 13.2. The van der Waals surface area contributed by atoms with Crippen molar-refractivity contribution in [3.8, 4) is 0 Å². The molecule has 1 aromatic heterocycles. The fourth-order valence-corrected chi connectivity index (χ4v) is 2.61. The molecular formula is C18H25N3. The molecule has 1 aromatic carbocycles. The molecule has 0 bridgehead atoms. The van der Waals surface area contributed by atoms with Crippen LogP contribution in [0.3, 0.4) is 0 Å². The standard InChI is InChI=1S/C18H25N3/c1-4-21(13-17-7-5-6-10-20-17)18(12-19)16-9-8-14(2)15(3)11-16/h5-11,18H,4,12-13,19H2,1-3H3. The zero-order valence-electron chi connectivity index (χ0n) is 13.2. The smallest absolute Gasteiger partial charge is 0.0544 e. The van der Waals surface area contributed by atoms with Gasteiger partial charge in [0.1, 0.15) is 0 Å². The summed E-state index contributed by atoms with van der Waals surface area (Å²) in [5, 5.41) is 0. The lowest BCUT2D eigenvalue weighted by molar-refractivity contribution is 0.201. The minimum absolute atomic E-state index is 0.233. The normalized spacial score (nSPS) is 12.6. The Morgan fingerprint density at radius 2 is 1.95 bits per heavy atom. The van der Waals surface area contributed by atoms with Crippen LogP contribution in [0.5, 0.6) is 0 Å². The maximum Gasteiger partial charge on any atom is 0.0544 e. The number of pyridine rings is 1. The summed E-state index contributed by atoms with van der Waals surface area (Å²) < 4.78 is 0. The maximum atomic E-state index is 6.06. The SMILES string of the molecule is CCN(Cc1ccccn1)C(CN)c1ccc(C)c(C)c1. The molecule has 0 saturated carbocycles. The topological polar surface area (TPSA) is 42.2 Å². The number of hydrogen-bond acceptors (Lipinski definition) is 3. The number of benzene rings is 1. The molecule has 1 atom stereocenters. The van der Waals surface area contributed by atoms with E-state index in [2.05, 4.69) is 54.9 Å². The fourth-order valence-electron chi connectivity index (χ4n) is 2.61. The molecule has 1 heterocycles. The lowest BCUT2D eigenvalue weighted by atomic mass is 9.99. The summed E-state index contributed by atoms with van der Waals surface area (Å²) in [6.07, 6.45) is 1.84. The summed E-state index contributed by atoms with van der Waals surface area (Å²) in [5.41, 5.74) is 11.1. The molecule has 1 unspecified atom stereocenters. The van der Waals surface area contributed by atoms with Gasteiger partial charge >= 0.3 is 0 Å². The predicted molar refractivity (Wildman–Crippen MR) is 88.0 cm³/mol. The Morgan fingerprint density at radius 1 is 1.14 bits per heavy atom. The third kappa shape index (κ3) is 3.90. The lowest BCUT2D eigenvalue weighted by Crippen LogP contribution is -2.33. The first kappa shape index (κ1) is 15.7. The Morgan fingerprint density at radius 3 is 2.52 bits per heavy atom. The van der Waals surface area contributed by atoms with E-state index < -0.39 is 0 Å². The molecule has 21 heavy (non-hydrogen) atoms. The molecular weight excluding hydrogens is 258 g/mol. The maximum absolute atomic E-state index is 6.06. The number of nitrogens with two attached hydrogens (primary N) is 1. The van der Waals surface area contributed by atoms with E-state index in [0.717, 1.165) is 18.8 Å². The van der Waals surface area contributed by atoms with Crippen LogP contribution < -0.4 is 5.73 Å². The highest BCUT2D eigenvalue weighted by Crippen LogP contribution is 2.23.